The number of nitrogens with zero attached hydrogens (tertiary/aromatic N) is 1. The Labute approximate surface area is 204 Å². The minimum absolute atomic E-state index is 0.198. The predicted octanol–water partition coefficient (Wildman–Crippen LogP) is 3.35. The molecule has 3 atom stereocenters. The number of benzene rings is 1. The number of nitrogens with one attached hydrogen (secondary N) is 4. The van der Waals surface area contributed by atoms with Gasteiger partial charge in [-0.1, -0.05) is 19.9 Å². The monoisotopic (exact) mass is 471 g/mol. The number of hydrogen-bond donors (Lipinski definition) is 4. The zero-order chi connectivity index (χ0) is 23.2. The molecule has 3 unspecified atom stereocenters. The third kappa shape index (κ3) is 5.47. The highest BCUT2D eigenvalue weighted by Gasteiger charge is 2.33. The summed E-state index contributed by atoms with van der Waals surface area (Å²) in [5, 5.41) is 14.4. The van der Waals surface area contributed by atoms with Gasteiger partial charge in [-0.05, 0) is 67.2 Å². The van der Waals surface area contributed by atoms with Crippen molar-refractivity contribution in [3.05, 3.63) is 46.8 Å². The Balaban J connectivity index is 1.52. The lowest BCUT2D eigenvalue weighted by molar-refractivity contribution is 0.296. The van der Waals surface area contributed by atoms with E-state index in [4.69, 9.17) is 4.74 Å². The maximum Gasteiger partial charge on any atom is 0.124 e. The minimum Gasteiger partial charge on any atom is -0.493 e. The Kier molecular flexibility index (Phi) is 8.50. The van der Waals surface area contributed by atoms with Crippen LogP contribution in [0.5, 0.6) is 5.75 Å². The number of rotatable bonds is 9. The third-order valence-corrected chi connectivity index (χ3v) is 7.79. The number of aryl methyl sites for hydroxylation is 1. The summed E-state index contributed by atoms with van der Waals surface area (Å²) in [7, 11) is 0. The number of hydrogen-bond acceptors (Lipinski definition) is 7. The fourth-order valence-corrected chi connectivity index (χ4v) is 5.65. The predicted molar refractivity (Wildman–Crippen MR) is 141 cm³/mol. The van der Waals surface area contributed by atoms with Crippen LogP contribution < -0.4 is 30.9 Å². The molecule has 3 aliphatic rings. The molecule has 3 aliphatic heterocycles. The second kappa shape index (κ2) is 11.5. The third-order valence-electron chi connectivity index (χ3n) is 7.09. The fraction of sp³-hybridized carbons (Fsp3) is 0.615. The smallest absolute Gasteiger partial charge is 0.124 e. The topological polar surface area (TPSA) is 60.6 Å². The van der Waals surface area contributed by atoms with E-state index in [1.54, 1.807) is 0 Å². The molecule has 33 heavy (non-hydrogen) atoms. The van der Waals surface area contributed by atoms with Gasteiger partial charge in [0.05, 0.1) is 12.6 Å². The number of ether oxygens (including phenoxy) is 1. The van der Waals surface area contributed by atoms with E-state index >= 15 is 0 Å². The van der Waals surface area contributed by atoms with Crippen LogP contribution in [-0.4, -0.2) is 56.6 Å². The van der Waals surface area contributed by atoms with Gasteiger partial charge in [-0.25, -0.2) is 0 Å². The Bertz CT molecular complexity index is 870. The highest BCUT2D eigenvalue weighted by Crippen LogP contribution is 2.35. The molecule has 0 saturated heterocycles. The van der Waals surface area contributed by atoms with Crippen LogP contribution in [0.1, 0.15) is 44.7 Å². The first-order chi connectivity index (χ1) is 16.2. The highest BCUT2D eigenvalue weighted by molar-refractivity contribution is 7.98. The summed E-state index contributed by atoms with van der Waals surface area (Å²) in [6.07, 6.45) is 10.9. The van der Waals surface area contributed by atoms with Crippen LogP contribution in [0.25, 0.3) is 0 Å². The SMILES string of the molecule is CCc1cc(N2CCC3=C(CNC(C4NC=CCN4)N3)C2C)cc(OCCCSC)c1CC. The van der Waals surface area contributed by atoms with Crippen molar-refractivity contribution in [1.82, 2.24) is 21.3 Å². The molecule has 0 radical (unpaired) electrons. The van der Waals surface area contributed by atoms with Crippen molar-refractivity contribution in [2.75, 3.05) is 43.1 Å². The van der Waals surface area contributed by atoms with Crippen molar-refractivity contribution in [3.8, 4) is 5.75 Å². The molecular weight excluding hydrogens is 430 g/mol. The fourth-order valence-electron chi connectivity index (χ4n) is 5.24. The number of thioether (sulfide) groups is 1. The van der Waals surface area contributed by atoms with Crippen LogP contribution in [0, 0.1) is 0 Å². The van der Waals surface area contributed by atoms with E-state index in [0.29, 0.717) is 6.04 Å². The van der Waals surface area contributed by atoms with Crippen molar-refractivity contribution in [1.29, 1.82) is 0 Å². The van der Waals surface area contributed by atoms with E-state index in [2.05, 4.69) is 71.4 Å². The lowest BCUT2D eigenvalue weighted by Gasteiger charge is -2.45. The Morgan fingerprint density at radius 2 is 2.03 bits per heavy atom. The molecule has 1 aromatic carbocycles. The molecule has 7 heteroatoms. The molecular formula is C26H41N5OS. The van der Waals surface area contributed by atoms with Gasteiger partial charge in [-0.15, -0.1) is 0 Å². The summed E-state index contributed by atoms with van der Waals surface area (Å²) < 4.78 is 6.33. The van der Waals surface area contributed by atoms with Gasteiger partial charge >= 0.3 is 0 Å². The first-order valence-corrected chi connectivity index (χ1v) is 14.0. The Morgan fingerprint density at radius 3 is 2.76 bits per heavy atom. The van der Waals surface area contributed by atoms with E-state index in [-0.39, 0.29) is 12.3 Å². The summed E-state index contributed by atoms with van der Waals surface area (Å²) in [4.78, 5) is 2.57. The lowest BCUT2D eigenvalue weighted by atomic mass is 9.93. The van der Waals surface area contributed by atoms with Gasteiger partial charge < -0.3 is 20.3 Å². The van der Waals surface area contributed by atoms with E-state index in [0.717, 1.165) is 63.4 Å². The minimum atomic E-state index is 0.198. The van der Waals surface area contributed by atoms with Crippen molar-refractivity contribution in [2.24, 2.45) is 0 Å². The van der Waals surface area contributed by atoms with Crippen LogP contribution in [0.4, 0.5) is 5.69 Å². The summed E-state index contributed by atoms with van der Waals surface area (Å²) in [6.45, 7) is 10.5. The Hall–Kier alpha value is -1.83. The van der Waals surface area contributed by atoms with E-state index < -0.39 is 0 Å². The van der Waals surface area contributed by atoms with Crippen LogP contribution >= 0.6 is 11.8 Å². The quantitative estimate of drug-likeness (QED) is 0.412. The second-order valence-corrected chi connectivity index (χ2v) is 10.1. The van der Waals surface area contributed by atoms with Gasteiger partial charge in [0.15, 0.2) is 0 Å². The molecule has 0 bridgehead atoms. The molecule has 3 heterocycles. The average molecular weight is 472 g/mol. The second-order valence-electron chi connectivity index (χ2n) is 9.06. The normalized spacial score (nSPS) is 24.8. The van der Waals surface area contributed by atoms with Gasteiger partial charge in [-0.2, -0.15) is 11.8 Å². The van der Waals surface area contributed by atoms with Crippen molar-refractivity contribution in [3.63, 3.8) is 0 Å². The standard InChI is InChI=1S/C26H41N5OS/c1-5-19-15-20(16-24(21(19)6-2)32-13-8-14-33-4)31-12-9-23-22(18(31)3)17-29-26(30-23)25-27-10-7-11-28-25/h7,10,15-16,18,25-30H,5-6,8-9,11-14,17H2,1-4H3. The molecule has 0 saturated carbocycles. The first kappa shape index (κ1) is 24.3. The van der Waals surface area contributed by atoms with Crippen LogP contribution in [0.2, 0.25) is 0 Å². The summed E-state index contributed by atoms with van der Waals surface area (Å²) in [6, 6.07) is 5.06. The molecule has 0 fully saturated rings. The summed E-state index contributed by atoms with van der Waals surface area (Å²) in [5.41, 5.74) is 6.98. The van der Waals surface area contributed by atoms with Gasteiger partial charge in [0.1, 0.15) is 18.1 Å². The van der Waals surface area contributed by atoms with E-state index in [1.807, 2.05) is 18.0 Å². The maximum atomic E-state index is 6.33. The number of anilines is 1. The zero-order valence-electron chi connectivity index (χ0n) is 20.7. The molecule has 6 nitrogen and oxygen atoms in total. The Morgan fingerprint density at radius 1 is 1.15 bits per heavy atom. The molecule has 1 aromatic rings. The molecule has 0 spiro atoms. The average Bonchev–Trinajstić information content (AvgIpc) is 2.86. The summed E-state index contributed by atoms with van der Waals surface area (Å²) >= 11 is 1.88. The molecule has 0 aliphatic carbocycles. The zero-order valence-corrected chi connectivity index (χ0v) is 21.5. The maximum absolute atomic E-state index is 6.33. The molecule has 0 amide bonds. The summed E-state index contributed by atoms with van der Waals surface area (Å²) in [5.74, 6) is 2.23. The first-order valence-electron chi connectivity index (χ1n) is 12.6. The molecule has 4 rings (SSSR count). The van der Waals surface area contributed by atoms with Gasteiger partial charge in [0, 0.05) is 43.5 Å². The van der Waals surface area contributed by atoms with Crippen molar-refractivity contribution in [2.45, 2.75) is 64.8 Å². The van der Waals surface area contributed by atoms with Gasteiger partial charge in [0.2, 0.25) is 0 Å². The van der Waals surface area contributed by atoms with Crippen molar-refractivity contribution < 1.29 is 4.74 Å². The largest absolute Gasteiger partial charge is 0.493 e. The van der Waals surface area contributed by atoms with E-state index in [1.165, 1.54) is 28.1 Å². The lowest BCUT2D eigenvalue weighted by Crippen LogP contribution is -2.65. The molecule has 182 valence electrons. The van der Waals surface area contributed by atoms with E-state index in [9.17, 15) is 0 Å². The molecule has 4 N–H and O–H groups in total. The van der Waals surface area contributed by atoms with Crippen LogP contribution in [0.3, 0.4) is 0 Å². The van der Waals surface area contributed by atoms with Gasteiger partial charge in [-0.3, -0.25) is 10.6 Å². The molecule has 0 aromatic heterocycles. The van der Waals surface area contributed by atoms with Gasteiger partial charge in [0.25, 0.3) is 0 Å². The van der Waals surface area contributed by atoms with Crippen molar-refractivity contribution >= 4 is 17.4 Å². The highest BCUT2D eigenvalue weighted by atomic mass is 32.2. The van der Waals surface area contributed by atoms with Crippen LogP contribution in [0.15, 0.2) is 35.7 Å². The van der Waals surface area contributed by atoms with Crippen LogP contribution in [-0.2, 0) is 12.8 Å².